The molecular weight excluding hydrogens is 228 g/mol. The minimum absolute atomic E-state index is 0.106. The summed E-state index contributed by atoms with van der Waals surface area (Å²) in [5.41, 5.74) is 0.755. The molecule has 5 heteroatoms. The Morgan fingerprint density at radius 2 is 2.00 bits per heavy atom. The van der Waals surface area contributed by atoms with E-state index in [1.165, 1.54) is 11.8 Å². The first kappa shape index (κ1) is 10.9. The van der Waals surface area contributed by atoms with Crippen LogP contribution in [-0.4, -0.2) is 14.7 Å². The van der Waals surface area contributed by atoms with Crippen molar-refractivity contribution in [3.8, 4) is 0 Å². The third-order valence-corrected chi connectivity index (χ3v) is 3.34. The Bertz CT molecular complexity index is 387. The van der Waals surface area contributed by atoms with Crippen molar-refractivity contribution in [1.29, 1.82) is 0 Å². The van der Waals surface area contributed by atoms with E-state index >= 15 is 0 Å². The molecule has 0 heterocycles. The van der Waals surface area contributed by atoms with Crippen molar-refractivity contribution in [2.45, 2.75) is 10.6 Å². The van der Waals surface area contributed by atoms with Gasteiger partial charge in [-0.05, 0) is 17.9 Å². The van der Waals surface area contributed by atoms with E-state index in [-0.39, 0.29) is 5.75 Å². The summed E-state index contributed by atoms with van der Waals surface area (Å²) in [6, 6.07) is 7.32. The van der Waals surface area contributed by atoms with Crippen LogP contribution in [0.1, 0.15) is 5.56 Å². The molecule has 0 amide bonds. The molecule has 0 radical (unpaired) electrons. The molecule has 0 aliphatic rings. The molecule has 0 N–H and O–H groups in total. The smallest absolute Gasteiger partial charge is 0.212 e. The zero-order valence-electron chi connectivity index (χ0n) is 7.03. The standard InChI is InChI=1S/C8H9ClO2S2/c1-12-8-5-3-2-4-7(8)6-13(9,10)11/h2-5H,6H2,1H3. The Kier molecular flexibility index (Phi) is 3.64. The molecule has 0 aliphatic heterocycles. The maximum absolute atomic E-state index is 10.8. The molecule has 1 aromatic carbocycles. The number of hydrogen-bond donors (Lipinski definition) is 0. The van der Waals surface area contributed by atoms with Gasteiger partial charge in [0.25, 0.3) is 0 Å². The van der Waals surface area contributed by atoms with Crippen LogP contribution >= 0.6 is 22.4 Å². The van der Waals surface area contributed by atoms with Gasteiger partial charge in [-0.2, -0.15) is 0 Å². The highest BCUT2D eigenvalue weighted by Crippen LogP contribution is 2.22. The molecule has 0 unspecified atom stereocenters. The summed E-state index contributed by atoms with van der Waals surface area (Å²) < 4.78 is 21.6. The lowest BCUT2D eigenvalue weighted by Gasteiger charge is -2.03. The summed E-state index contributed by atoms with van der Waals surface area (Å²) >= 11 is 1.51. The van der Waals surface area contributed by atoms with Crippen LogP contribution in [0, 0.1) is 0 Å². The minimum Gasteiger partial charge on any atom is -0.212 e. The number of halogens is 1. The van der Waals surface area contributed by atoms with Crippen molar-refractivity contribution >= 4 is 31.5 Å². The van der Waals surface area contributed by atoms with Gasteiger partial charge in [0.1, 0.15) is 0 Å². The molecule has 0 spiro atoms. The van der Waals surface area contributed by atoms with Crippen LogP contribution in [0.3, 0.4) is 0 Å². The monoisotopic (exact) mass is 236 g/mol. The highest BCUT2D eigenvalue weighted by Gasteiger charge is 2.09. The molecule has 0 saturated carbocycles. The van der Waals surface area contributed by atoms with Gasteiger partial charge in [-0.15, -0.1) is 11.8 Å². The van der Waals surface area contributed by atoms with Gasteiger partial charge in [0.15, 0.2) is 0 Å². The number of rotatable bonds is 3. The summed E-state index contributed by atoms with van der Waals surface area (Å²) in [4.78, 5) is 0.951. The normalized spacial score (nSPS) is 11.5. The van der Waals surface area contributed by atoms with Crippen LogP contribution in [-0.2, 0) is 14.8 Å². The van der Waals surface area contributed by atoms with Gasteiger partial charge in [0, 0.05) is 15.6 Å². The third kappa shape index (κ3) is 3.58. The Labute approximate surface area is 86.7 Å². The second-order valence-electron chi connectivity index (χ2n) is 2.50. The molecule has 2 nitrogen and oxygen atoms in total. The Hall–Kier alpha value is -0.190. The molecule has 13 heavy (non-hydrogen) atoms. The first-order valence-corrected chi connectivity index (χ1v) is 7.27. The van der Waals surface area contributed by atoms with Gasteiger partial charge in [0.2, 0.25) is 9.05 Å². The van der Waals surface area contributed by atoms with Gasteiger partial charge in [-0.1, -0.05) is 18.2 Å². The zero-order chi connectivity index (χ0) is 9.90. The molecule has 0 fully saturated rings. The molecule has 1 rings (SSSR count). The van der Waals surface area contributed by atoms with E-state index in [2.05, 4.69) is 0 Å². The second kappa shape index (κ2) is 4.35. The highest BCUT2D eigenvalue weighted by molar-refractivity contribution is 8.13. The fourth-order valence-corrected chi connectivity index (χ4v) is 2.69. The molecule has 1 aromatic rings. The van der Waals surface area contributed by atoms with Gasteiger partial charge in [-0.3, -0.25) is 0 Å². The molecule has 0 atom stereocenters. The lowest BCUT2D eigenvalue weighted by molar-refractivity contribution is 0.608. The van der Waals surface area contributed by atoms with Crippen molar-refractivity contribution in [1.82, 2.24) is 0 Å². The Morgan fingerprint density at radius 1 is 1.38 bits per heavy atom. The van der Waals surface area contributed by atoms with Gasteiger partial charge in [0.05, 0.1) is 5.75 Å². The van der Waals surface area contributed by atoms with E-state index in [9.17, 15) is 8.42 Å². The first-order valence-electron chi connectivity index (χ1n) is 3.57. The SMILES string of the molecule is CSc1ccccc1CS(=O)(=O)Cl. The fraction of sp³-hybridized carbons (Fsp3) is 0.250. The van der Waals surface area contributed by atoms with Crippen molar-refractivity contribution in [2.24, 2.45) is 0 Å². The summed E-state index contributed by atoms with van der Waals surface area (Å²) in [5, 5.41) is 0. The van der Waals surface area contributed by atoms with Crippen molar-refractivity contribution < 1.29 is 8.42 Å². The van der Waals surface area contributed by atoms with E-state index < -0.39 is 9.05 Å². The topological polar surface area (TPSA) is 34.1 Å². The highest BCUT2D eigenvalue weighted by atomic mass is 35.7. The lowest BCUT2D eigenvalue weighted by atomic mass is 10.2. The maximum atomic E-state index is 10.8. The molecule has 0 saturated heterocycles. The van der Waals surface area contributed by atoms with Crippen LogP contribution in [0.2, 0.25) is 0 Å². The summed E-state index contributed by atoms with van der Waals surface area (Å²) in [6.07, 6.45) is 1.90. The Morgan fingerprint density at radius 3 is 2.54 bits per heavy atom. The predicted molar refractivity (Wildman–Crippen MR) is 56.7 cm³/mol. The van der Waals surface area contributed by atoms with Crippen molar-refractivity contribution in [3.05, 3.63) is 29.8 Å². The predicted octanol–water partition coefficient (Wildman–Crippen LogP) is 2.48. The molecule has 0 aromatic heterocycles. The molecule has 0 bridgehead atoms. The van der Waals surface area contributed by atoms with Crippen LogP contribution < -0.4 is 0 Å². The lowest BCUT2D eigenvalue weighted by Crippen LogP contribution is -1.96. The van der Waals surface area contributed by atoms with Crippen LogP contribution in [0.25, 0.3) is 0 Å². The number of benzene rings is 1. The van der Waals surface area contributed by atoms with Crippen molar-refractivity contribution in [3.63, 3.8) is 0 Å². The van der Waals surface area contributed by atoms with Crippen LogP contribution in [0.4, 0.5) is 0 Å². The van der Waals surface area contributed by atoms with E-state index in [1.54, 1.807) is 12.1 Å². The van der Waals surface area contributed by atoms with E-state index in [0.717, 1.165) is 10.5 Å². The maximum Gasteiger partial charge on any atom is 0.236 e. The molecular formula is C8H9ClO2S2. The molecule has 72 valence electrons. The van der Waals surface area contributed by atoms with Gasteiger partial charge in [-0.25, -0.2) is 8.42 Å². The van der Waals surface area contributed by atoms with Crippen LogP contribution in [0.5, 0.6) is 0 Å². The zero-order valence-corrected chi connectivity index (χ0v) is 9.42. The Balaban J connectivity index is 3.01. The van der Waals surface area contributed by atoms with E-state index in [0.29, 0.717) is 0 Å². The fourth-order valence-electron chi connectivity index (χ4n) is 1.01. The largest absolute Gasteiger partial charge is 0.236 e. The molecule has 0 aliphatic carbocycles. The number of hydrogen-bond acceptors (Lipinski definition) is 3. The van der Waals surface area contributed by atoms with E-state index in [1.807, 2.05) is 18.4 Å². The number of thioether (sulfide) groups is 1. The first-order chi connectivity index (χ1) is 6.03. The summed E-state index contributed by atoms with van der Waals surface area (Å²) in [7, 11) is 1.71. The summed E-state index contributed by atoms with van der Waals surface area (Å²) in [6.45, 7) is 0. The van der Waals surface area contributed by atoms with Gasteiger partial charge < -0.3 is 0 Å². The minimum atomic E-state index is -3.45. The average Bonchev–Trinajstić information content (AvgIpc) is 2.02. The van der Waals surface area contributed by atoms with Gasteiger partial charge >= 0.3 is 0 Å². The average molecular weight is 237 g/mol. The summed E-state index contributed by atoms with van der Waals surface area (Å²) in [5.74, 6) is -0.106. The quantitative estimate of drug-likeness (QED) is 0.597. The van der Waals surface area contributed by atoms with Crippen LogP contribution in [0.15, 0.2) is 29.2 Å². The van der Waals surface area contributed by atoms with Crippen molar-refractivity contribution in [2.75, 3.05) is 6.26 Å². The third-order valence-electron chi connectivity index (χ3n) is 1.52. The second-order valence-corrected chi connectivity index (χ2v) is 6.12. The van der Waals surface area contributed by atoms with E-state index in [4.69, 9.17) is 10.7 Å².